The topological polar surface area (TPSA) is 223 Å². The molecule has 3 aliphatic heterocycles. The van der Waals surface area contributed by atoms with Crippen LogP contribution in [0.1, 0.15) is 109 Å². The summed E-state index contributed by atoms with van der Waals surface area (Å²) in [5.41, 5.74) is 10.9. The highest BCUT2D eigenvalue weighted by Gasteiger charge is 2.55. The highest BCUT2D eigenvalue weighted by molar-refractivity contribution is 8.18. The zero-order valence-electron chi connectivity index (χ0n) is 30.1. The summed E-state index contributed by atoms with van der Waals surface area (Å²) in [5.74, 6) is -0.690. The van der Waals surface area contributed by atoms with E-state index >= 15 is 0 Å². The highest BCUT2D eigenvalue weighted by Crippen LogP contribution is 2.51. The van der Waals surface area contributed by atoms with Crippen molar-refractivity contribution >= 4 is 62.9 Å². The average Bonchev–Trinajstić information content (AvgIpc) is 3.75. The first kappa shape index (κ1) is 39.6. The van der Waals surface area contributed by atoms with Gasteiger partial charge in [-0.1, -0.05) is 38.5 Å². The number of urea groups is 1. The summed E-state index contributed by atoms with van der Waals surface area (Å²) in [6, 6.07) is -3.95. The summed E-state index contributed by atoms with van der Waals surface area (Å²) in [5, 5.41) is 10.9. The number of carbonyl (C=O) groups excluding carboxylic acids is 5. The van der Waals surface area contributed by atoms with Crippen molar-refractivity contribution < 1.29 is 32.4 Å². The number of likely N-dealkylation sites (tertiary alicyclic amines) is 1. The molecule has 0 radical (unpaired) electrons. The predicted molar refractivity (Wildman–Crippen MR) is 202 cm³/mol. The van der Waals surface area contributed by atoms with E-state index in [2.05, 4.69) is 21.3 Å². The Labute approximate surface area is 315 Å². The smallest absolute Gasteiger partial charge is 0.315 e. The van der Waals surface area contributed by atoms with Crippen molar-refractivity contribution in [2.75, 3.05) is 30.3 Å². The number of Topliss-reactive ketones (excluding diaryl/α,β-unsaturated/α-hetero) is 1. The number of nitrogens with one attached hydrogen (secondary N) is 4. The SMILES string of the molecule is NCC[C@H](NC(=O)[C@@H]1CC2(CN1C(=O)[C@@H](NC(=O)NC1([C@@H]3CCCS3(=O)=O)CCCCC1)C1(N)CCCCC1)SCCCS2)C(=O)C(=O)NC1CC1. The number of sulfone groups is 1. The van der Waals surface area contributed by atoms with E-state index in [1.807, 2.05) is 0 Å². The number of hydrogen-bond donors (Lipinski definition) is 6. The van der Waals surface area contributed by atoms with Crippen molar-refractivity contribution in [1.29, 1.82) is 0 Å². The fraction of sp³-hybridized carbons (Fsp3) is 0.857. The molecular weight excluding hydrogens is 727 g/mol. The lowest BCUT2D eigenvalue weighted by Crippen LogP contribution is -2.69. The normalized spacial score (nSPS) is 28.7. The van der Waals surface area contributed by atoms with Crippen LogP contribution in [0.5, 0.6) is 0 Å². The van der Waals surface area contributed by atoms with Crippen LogP contribution in [0.4, 0.5) is 4.79 Å². The van der Waals surface area contributed by atoms with E-state index in [-0.39, 0.29) is 31.3 Å². The molecule has 5 amide bonds. The van der Waals surface area contributed by atoms with E-state index in [9.17, 15) is 32.4 Å². The van der Waals surface area contributed by atoms with Crippen molar-refractivity contribution in [1.82, 2.24) is 26.2 Å². The van der Waals surface area contributed by atoms with Gasteiger partial charge in [0.1, 0.15) is 12.1 Å². The van der Waals surface area contributed by atoms with E-state index in [1.54, 1.807) is 23.5 Å². The minimum Gasteiger partial charge on any atom is -0.347 e. The zero-order valence-corrected chi connectivity index (χ0v) is 32.6. The third-order valence-electron chi connectivity index (χ3n) is 12.1. The van der Waals surface area contributed by atoms with Gasteiger partial charge in [-0.05, 0) is 82.3 Å². The largest absolute Gasteiger partial charge is 0.347 e. The molecule has 6 fully saturated rings. The van der Waals surface area contributed by atoms with Crippen LogP contribution >= 0.6 is 23.5 Å². The number of nitrogens with zero attached hydrogens (tertiary/aromatic N) is 1. The Bertz CT molecular complexity index is 1470. The number of nitrogens with two attached hydrogens (primary N) is 2. The summed E-state index contributed by atoms with van der Waals surface area (Å²) in [7, 11) is -3.39. The van der Waals surface area contributed by atoms with Crippen LogP contribution in [-0.4, -0.2) is 118 Å². The second kappa shape index (κ2) is 16.3. The van der Waals surface area contributed by atoms with Crippen molar-refractivity contribution in [3.05, 3.63) is 0 Å². The molecule has 8 N–H and O–H groups in total. The van der Waals surface area contributed by atoms with Gasteiger partial charge >= 0.3 is 6.03 Å². The first-order valence-corrected chi connectivity index (χ1v) is 23.0. The molecule has 3 saturated carbocycles. The maximum Gasteiger partial charge on any atom is 0.315 e. The standard InChI is InChI=1S/C35H57N7O7S3/c36-17-12-24(27(43)30(45)38-23-10-11-23)39-29(44)25-21-35(50-18-8-19-51-35)22-42(25)31(46)28(33(37)13-3-1-4-14-33)40-32(47)41-34(15-5-2-6-16-34)26-9-7-20-52(26,48)49/h23-26,28H,1-22,36-37H2,(H,38,45)(H,39,44)(H2,40,41,47)/t24-,25-,26-,28+/m0/s1. The molecule has 0 aromatic carbocycles. The molecule has 52 heavy (non-hydrogen) atoms. The van der Waals surface area contributed by atoms with Gasteiger partial charge in [-0.2, -0.15) is 0 Å². The number of hydrogen-bond acceptors (Lipinski definition) is 11. The van der Waals surface area contributed by atoms with E-state index in [4.69, 9.17) is 11.5 Å². The Morgan fingerprint density at radius 2 is 1.50 bits per heavy atom. The molecule has 4 atom stereocenters. The lowest BCUT2D eigenvalue weighted by molar-refractivity contribution is -0.143. The number of ketones is 1. The van der Waals surface area contributed by atoms with Crippen LogP contribution in [0, 0.1) is 0 Å². The highest BCUT2D eigenvalue weighted by atomic mass is 32.2. The summed E-state index contributed by atoms with van der Waals surface area (Å²) in [6.07, 6.45) is 11.2. The molecule has 17 heteroatoms. The summed E-state index contributed by atoms with van der Waals surface area (Å²) >= 11 is 3.43. The quantitative estimate of drug-likeness (QED) is 0.156. The molecule has 0 unspecified atom stereocenters. The molecule has 1 spiro atoms. The minimum absolute atomic E-state index is 0.0330. The van der Waals surface area contributed by atoms with Crippen molar-refractivity contribution in [2.45, 2.75) is 154 Å². The molecule has 0 aromatic rings. The lowest BCUT2D eigenvalue weighted by Gasteiger charge is -2.45. The van der Waals surface area contributed by atoms with Gasteiger partial charge in [0.25, 0.3) is 5.91 Å². The number of carbonyl (C=O) groups is 5. The van der Waals surface area contributed by atoms with Crippen LogP contribution in [-0.2, 0) is 29.0 Å². The van der Waals surface area contributed by atoms with E-state index in [1.165, 1.54) is 4.90 Å². The molecule has 3 aliphatic carbocycles. The number of thioether (sulfide) groups is 2. The van der Waals surface area contributed by atoms with Crippen molar-refractivity contribution in [2.24, 2.45) is 11.5 Å². The number of amides is 5. The van der Waals surface area contributed by atoms with Gasteiger partial charge in [-0.15, -0.1) is 23.5 Å². The molecule has 6 rings (SSSR count). The Morgan fingerprint density at radius 3 is 2.10 bits per heavy atom. The van der Waals surface area contributed by atoms with E-state index < -0.39 is 77.9 Å². The van der Waals surface area contributed by atoms with Gasteiger partial charge in [0.15, 0.2) is 9.84 Å². The fourth-order valence-corrected chi connectivity index (χ4v) is 14.8. The van der Waals surface area contributed by atoms with Gasteiger partial charge < -0.3 is 37.6 Å². The van der Waals surface area contributed by atoms with Crippen LogP contribution in [0.25, 0.3) is 0 Å². The maximum absolute atomic E-state index is 15.0. The van der Waals surface area contributed by atoms with Crippen LogP contribution < -0.4 is 32.7 Å². The van der Waals surface area contributed by atoms with Gasteiger partial charge in [0.2, 0.25) is 17.6 Å². The van der Waals surface area contributed by atoms with E-state index in [0.29, 0.717) is 44.9 Å². The van der Waals surface area contributed by atoms with Crippen LogP contribution in [0.3, 0.4) is 0 Å². The monoisotopic (exact) mass is 783 g/mol. The Hall–Kier alpha value is -2.08. The second-order valence-corrected chi connectivity index (χ2v) is 21.5. The Morgan fingerprint density at radius 1 is 0.846 bits per heavy atom. The summed E-state index contributed by atoms with van der Waals surface area (Å²) in [6.45, 7) is 0.313. The molecule has 14 nitrogen and oxygen atoms in total. The summed E-state index contributed by atoms with van der Waals surface area (Å²) < 4.78 is 25.9. The lowest BCUT2D eigenvalue weighted by atomic mass is 9.76. The average molecular weight is 784 g/mol. The molecule has 292 valence electrons. The maximum atomic E-state index is 15.0. The predicted octanol–water partition coefficient (Wildman–Crippen LogP) is 1.44. The first-order valence-electron chi connectivity index (χ1n) is 19.3. The van der Waals surface area contributed by atoms with Crippen molar-refractivity contribution in [3.63, 3.8) is 0 Å². The van der Waals surface area contributed by atoms with Crippen LogP contribution in [0.2, 0.25) is 0 Å². The van der Waals surface area contributed by atoms with Gasteiger partial charge in [-0.25, -0.2) is 13.2 Å². The van der Waals surface area contributed by atoms with Crippen molar-refractivity contribution in [3.8, 4) is 0 Å². The van der Waals surface area contributed by atoms with Gasteiger partial charge in [0.05, 0.1) is 26.7 Å². The Balaban J connectivity index is 1.26. The van der Waals surface area contributed by atoms with Gasteiger partial charge in [0, 0.05) is 24.5 Å². The minimum atomic E-state index is -3.39. The van der Waals surface area contributed by atoms with Gasteiger partial charge in [-0.3, -0.25) is 19.2 Å². The molecule has 3 heterocycles. The van der Waals surface area contributed by atoms with E-state index in [0.717, 1.165) is 69.3 Å². The third-order valence-corrected chi connectivity index (χ3v) is 17.8. The second-order valence-electron chi connectivity index (χ2n) is 15.9. The molecule has 6 aliphatic rings. The molecular formula is C35H57N7O7S3. The molecule has 0 bridgehead atoms. The first-order chi connectivity index (χ1) is 24.8. The molecule has 3 saturated heterocycles. The third kappa shape index (κ3) is 8.73. The van der Waals surface area contributed by atoms with Crippen LogP contribution in [0.15, 0.2) is 0 Å². The number of rotatable bonds is 12. The summed E-state index contributed by atoms with van der Waals surface area (Å²) in [4.78, 5) is 70.7. The zero-order chi connectivity index (χ0) is 37.1. The Kier molecular flexibility index (Phi) is 12.4. The fourth-order valence-electron chi connectivity index (χ4n) is 9.11. The molecule has 0 aromatic heterocycles.